The Balaban J connectivity index is 1.76. The molecule has 4 heteroatoms. The second kappa shape index (κ2) is 6.43. The minimum Gasteiger partial charge on any atom is -0.392 e. The zero-order valence-electron chi connectivity index (χ0n) is 12.4. The fourth-order valence-electron chi connectivity index (χ4n) is 2.90. The number of ether oxygens (including phenoxy) is 1. The van der Waals surface area contributed by atoms with E-state index in [1.54, 1.807) is 0 Å². The quantitative estimate of drug-likeness (QED) is 0.935. The Morgan fingerprint density at radius 1 is 1.19 bits per heavy atom. The molecule has 112 valence electrons. The van der Waals surface area contributed by atoms with E-state index in [0.29, 0.717) is 6.04 Å². The van der Waals surface area contributed by atoms with Crippen molar-refractivity contribution in [2.75, 3.05) is 19.8 Å². The van der Waals surface area contributed by atoms with Crippen LogP contribution < -0.4 is 0 Å². The van der Waals surface area contributed by atoms with Crippen LogP contribution in [-0.4, -0.2) is 34.3 Å². The van der Waals surface area contributed by atoms with Crippen molar-refractivity contribution in [1.82, 2.24) is 9.47 Å². The number of morpholine rings is 1. The van der Waals surface area contributed by atoms with Gasteiger partial charge in [-0.1, -0.05) is 24.3 Å². The van der Waals surface area contributed by atoms with Crippen molar-refractivity contribution in [3.63, 3.8) is 0 Å². The van der Waals surface area contributed by atoms with Gasteiger partial charge in [0.25, 0.3) is 0 Å². The third-order valence-electron chi connectivity index (χ3n) is 4.16. The summed E-state index contributed by atoms with van der Waals surface area (Å²) in [6, 6.07) is 12.7. The molecule has 2 heterocycles. The van der Waals surface area contributed by atoms with E-state index in [2.05, 4.69) is 47.0 Å². The van der Waals surface area contributed by atoms with Crippen LogP contribution in [0.1, 0.15) is 22.9 Å². The monoisotopic (exact) mass is 286 g/mol. The van der Waals surface area contributed by atoms with Gasteiger partial charge in [0.15, 0.2) is 0 Å². The number of aryl methyl sites for hydroxylation is 1. The fraction of sp³-hybridized carbons (Fsp3) is 0.412. The molecule has 1 atom stereocenters. The van der Waals surface area contributed by atoms with Crippen molar-refractivity contribution < 1.29 is 9.84 Å². The van der Waals surface area contributed by atoms with Crippen LogP contribution in [0.2, 0.25) is 0 Å². The second-order valence-corrected chi connectivity index (χ2v) is 5.58. The SMILES string of the molecule is Cn1cccc1[C@H]1COCCN1Cc1ccc(CO)cc1. The van der Waals surface area contributed by atoms with Gasteiger partial charge < -0.3 is 14.4 Å². The Morgan fingerprint density at radius 3 is 2.62 bits per heavy atom. The number of aliphatic hydroxyl groups excluding tert-OH is 1. The molecule has 1 fully saturated rings. The summed E-state index contributed by atoms with van der Waals surface area (Å²) in [6.07, 6.45) is 2.08. The first kappa shape index (κ1) is 14.3. The molecule has 1 saturated heterocycles. The number of hydrogen-bond acceptors (Lipinski definition) is 3. The first-order chi connectivity index (χ1) is 10.3. The van der Waals surface area contributed by atoms with Gasteiger partial charge in [0.1, 0.15) is 0 Å². The third kappa shape index (κ3) is 3.18. The highest BCUT2D eigenvalue weighted by Crippen LogP contribution is 2.26. The molecule has 2 aromatic rings. The molecule has 0 radical (unpaired) electrons. The Hall–Kier alpha value is -1.62. The molecule has 1 aliphatic rings. The standard InChI is InChI=1S/C17H22N2O2/c1-18-8-2-3-16(18)17-13-21-10-9-19(17)11-14-4-6-15(12-20)7-5-14/h2-8,17,20H,9-13H2,1H3/t17-/m1/s1. The second-order valence-electron chi connectivity index (χ2n) is 5.58. The van der Waals surface area contributed by atoms with E-state index in [1.807, 2.05) is 12.1 Å². The maximum Gasteiger partial charge on any atom is 0.0741 e. The smallest absolute Gasteiger partial charge is 0.0741 e. The molecule has 4 nitrogen and oxygen atoms in total. The lowest BCUT2D eigenvalue weighted by Crippen LogP contribution is -2.39. The van der Waals surface area contributed by atoms with Crippen molar-refractivity contribution in [2.45, 2.75) is 19.2 Å². The summed E-state index contributed by atoms with van der Waals surface area (Å²) in [7, 11) is 2.08. The predicted molar refractivity (Wildman–Crippen MR) is 81.7 cm³/mol. The van der Waals surface area contributed by atoms with Crippen molar-refractivity contribution in [3.8, 4) is 0 Å². The van der Waals surface area contributed by atoms with Crippen LogP contribution in [0.3, 0.4) is 0 Å². The third-order valence-corrected chi connectivity index (χ3v) is 4.16. The van der Waals surface area contributed by atoms with Crippen LogP contribution in [0, 0.1) is 0 Å². The highest BCUT2D eigenvalue weighted by Gasteiger charge is 2.26. The van der Waals surface area contributed by atoms with Crippen LogP contribution in [0.15, 0.2) is 42.6 Å². The largest absolute Gasteiger partial charge is 0.392 e. The van der Waals surface area contributed by atoms with E-state index < -0.39 is 0 Å². The van der Waals surface area contributed by atoms with E-state index in [1.165, 1.54) is 11.3 Å². The van der Waals surface area contributed by atoms with Gasteiger partial charge in [-0.15, -0.1) is 0 Å². The number of benzene rings is 1. The molecule has 21 heavy (non-hydrogen) atoms. The van der Waals surface area contributed by atoms with Gasteiger partial charge >= 0.3 is 0 Å². The molecule has 0 bridgehead atoms. The van der Waals surface area contributed by atoms with Crippen LogP contribution in [-0.2, 0) is 24.9 Å². The summed E-state index contributed by atoms with van der Waals surface area (Å²) in [6.45, 7) is 3.48. The number of rotatable bonds is 4. The lowest BCUT2D eigenvalue weighted by Gasteiger charge is -2.36. The zero-order valence-corrected chi connectivity index (χ0v) is 12.4. The first-order valence-corrected chi connectivity index (χ1v) is 7.39. The molecule has 1 aromatic heterocycles. The lowest BCUT2D eigenvalue weighted by atomic mass is 10.1. The minimum atomic E-state index is 0.101. The van der Waals surface area contributed by atoms with Gasteiger partial charge in [-0.3, -0.25) is 4.90 Å². The molecular weight excluding hydrogens is 264 g/mol. The molecular formula is C17H22N2O2. The fourth-order valence-corrected chi connectivity index (χ4v) is 2.90. The van der Waals surface area contributed by atoms with Gasteiger partial charge in [0.05, 0.1) is 25.9 Å². The van der Waals surface area contributed by atoms with Crippen molar-refractivity contribution in [3.05, 3.63) is 59.4 Å². The summed E-state index contributed by atoms with van der Waals surface area (Å²) in [5, 5.41) is 9.12. The Morgan fingerprint density at radius 2 is 1.95 bits per heavy atom. The normalized spacial score (nSPS) is 19.8. The van der Waals surface area contributed by atoms with Gasteiger partial charge in [-0.25, -0.2) is 0 Å². The molecule has 0 unspecified atom stereocenters. The first-order valence-electron chi connectivity index (χ1n) is 7.39. The van der Waals surface area contributed by atoms with Crippen molar-refractivity contribution in [1.29, 1.82) is 0 Å². The molecule has 1 N–H and O–H groups in total. The summed E-state index contributed by atoms with van der Waals surface area (Å²) >= 11 is 0. The molecule has 0 amide bonds. The summed E-state index contributed by atoms with van der Waals surface area (Å²) < 4.78 is 7.85. The minimum absolute atomic E-state index is 0.101. The van der Waals surface area contributed by atoms with Gasteiger partial charge in [-0.2, -0.15) is 0 Å². The van der Waals surface area contributed by atoms with Crippen LogP contribution >= 0.6 is 0 Å². The summed E-state index contributed by atoms with van der Waals surface area (Å²) in [5.41, 5.74) is 3.52. The number of aliphatic hydroxyl groups is 1. The molecule has 1 aromatic carbocycles. The van der Waals surface area contributed by atoms with E-state index in [-0.39, 0.29) is 6.61 Å². The summed E-state index contributed by atoms with van der Waals surface area (Å²) in [4.78, 5) is 2.47. The maximum absolute atomic E-state index is 9.12. The van der Waals surface area contributed by atoms with E-state index in [9.17, 15) is 0 Å². The van der Waals surface area contributed by atoms with Gasteiger partial charge in [0.2, 0.25) is 0 Å². The lowest BCUT2D eigenvalue weighted by molar-refractivity contribution is -0.0152. The molecule has 0 saturated carbocycles. The Labute approximate surface area is 125 Å². The average molecular weight is 286 g/mol. The number of nitrogens with zero attached hydrogens (tertiary/aromatic N) is 2. The van der Waals surface area contributed by atoms with Crippen LogP contribution in [0.25, 0.3) is 0 Å². The maximum atomic E-state index is 9.12. The number of hydrogen-bond donors (Lipinski definition) is 1. The Kier molecular flexibility index (Phi) is 4.39. The summed E-state index contributed by atoms with van der Waals surface area (Å²) in [5.74, 6) is 0. The molecule has 3 rings (SSSR count). The highest BCUT2D eigenvalue weighted by atomic mass is 16.5. The van der Waals surface area contributed by atoms with Gasteiger partial charge in [0, 0.05) is 32.0 Å². The number of aromatic nitrogens is 1. The van der Waals surface area contributed by atoms with E-state index >= 15 is 0 Å². The average Bonchev–Trinajstić information content (AvgIpc) is 2.95. The van der Waals surface area contributed by atoms with Crippen molar-refractivity contribution >= 4 is 0 Å². The zero-order chi connectivity index (χ0) is 14.7. The van der Waals surface area contributed by atoms with Gasteiger partial charge in [-0.05, 0) is 23.3 Å². The highest BCUT2D eigenvalue weighted by molar-refractivity contribution is 5.22. The van der Waals surface area contributed by atoms with Crippen LogP contribution in [0.5, 0.6) is 0 Å². The topological polar surface area (TPSA) is 37.6 Å². The van der Waals surface area contributed by atoms with E-state index in [0.717, 1.165) is 31.9 Å². The predicted octanol–water partition coefficient (Wildman–Crippen LogP) is 2.09. The van der Waals surface area contributed by atoms with Crippen molar-refractivity contribution in [2.24, 2.45) is 7.05 Å². The van der Waals surface area contributed by atoms with E-state index in [4.69, 9.17) is 9.84 Å². The molecule has 0 spiro atoms. The molecule has 0 aliphatic carbocycles. The Bertz CT molecular complexity index is 577. The van der Waals surface area contributed by atoms with Crippen LogP contribution in [0.4, 0.5) is 0 Å². The molecule has 1 aliphatic heterocycles.